The lowest BCUT2D eigenvalue weighted by Gasteiger charge is -2.13. The minimum atomic E-state index is -0.247. The normalized spacial score (nSPS) is 14.0. The predicted octanol–water partition coefficient (Wildman–Crippen LogP) is 3.82. The number of Topliss-reactive ketones (excluding diaryl/α,β-unsaturated/α-hetero) is 1. The third kappa shape index (κ3) is 3.57. The molecule has 24 heavy (non-hydrogen) atoms. The number of aromatic nitrogens is 1. The Morgan fingerprint density at radius 2 is 1.96 bits per heavy atom. The molecule has 1 aliphatic heterocycles. The number of amides is 1. The maximum Gasteiger partial charge on any atom is 0.270 e. The lowest BCUT2D eigenvalue weighted by atomic mass is 10.2. The van der Waals surface area contributed by atoms with Crippen LogP contribution in [0.25, 0.3) is 0 Å². The number of H-pyrrole nitrogens is 1. The minimum absolute atomic E-state index is 0.0784. The monoisotopic (exact) mass is 366 g/mol. The smallest absolute Gasteiger partial charge is 0.270 e. The first-order chi connectivity index (χ1) is 11.6. The number of halogens is 2. The van der Waals surface area contributed by atoms with Crippen molar-refractivity contribution in [2.75, 3.05) is 19.7 Å². The SMILES string of the molecule is O=C(COc1cccc(Cl)c1Cl)c1c[nH]c(C(=O)N2CCCC2)c1. The van der Waals surface area contributed by atoms with E-state index in [0.717, 1.165) is 25.9 Å². The number of nitrogens with one attached hydrogen (secondary N) is 1. The lowest BCUT2D eigenvalue weighted by Crippen LogP contribution is -2.27. The number of ketones is 1. The van der Waals surface area contributed by atoms with Crippen LogP contribution in [0.15, 0.2) is 30.5 Å². The molecule has 1 amide bonds. The summed E-state index contributed by atoms with van der Waals surface area (Å²) in [6.07, 6.45) is 3.56. The summed E-state index contributed by atoms with van der Waals surface area (Å²) in [6, 6.07) is 6.53. The molecule has 1 aromatic heterocycles. The van der Waals surface area contributed by atoms with E-state index in [-0.39, 0.29) is 23.3 Å². The van der Waals surface area contributed by atoms with Crippen molar-refractivity contribution >= 4 is 34.9 Å². The van der Waals surface area contributed by atoms with Crippen LogP contribution < -0.4 is 4.74 Å². The van der Waals surface area contributed by atoms with Gasteiger partial charge in [-0.2, -0.15) is 0 Å². The van der Waals surface area contributed by atoms with Crippen LogP contribution >= 0.6 is 23.2 Å². The summed E-state index contributed by atoms with van der Waals surface area (Å²) in [6.45, 7) is 1.34. The molecule has 1 aliphatic rings. The van der Waals surface area contributed by atoms with E-state index in [1.165, 1.54) is 6.20 Å². The number of hydrogen-bond acceptors (Lipinski definition) is 3. The molecule has 1 fully saturated rings. The molecule has 2 heterocycles. The zero-order valence-electron chi connectivity index (χ0n) is 12.9. The van der Waals surface area contributed by atoms with Crippen molar-refractivity contribution in [3.8, 4) is 5.75 Å². The highest BCUT2D eigenvalue weighted by Crippen LogP contribution is 2.31. The van der Waals surface area contributed by atoms with Crippen LogP contribution in [0.1, 0.15) is 33.7 Å². The van der Waals surface area contributed by atoms with E-state index in [4.69, 9.17) is 27.9 Å². The number of ether oxygens (including phenoxy) is 1. The summed E-state index contributed by atoms with van der Waals surface area (Å²) in [5, 5.41) is 0.632. The van der Waals surface area contributed by atoms with Crippen LogP contribution in [0.3, 0.4) is 0 Å². The van der Waals surface area contributed by atoms with Crippen LogP contribution in [0.2, 0.25) is 10.0 Å². The van der Waals surface area contributed by atoms with E-state index in [2.05, 4.69) is 4.98 Å². The van der Waals surface area contributed by atoms with Crippen LogP contribution in [0, 0.1) is 0 Å². The van der Waals surface area contributed by atoms with Crippen molar-refractivity contribution in [3.05, 3.63) is 51.8 Å². The summed E-state index contributed by atoms with van der Waals surface area (Å²) in [7, 11) is 0. The molecular formula is C17H16Cl2N2O3. The Morgan fingerprint density at radius 3 is 2.71 bits per heavy atom. The van der Waals surface area contributed by atoms with Gasteiger partial charge in [0.2, 0.25) is 5.78 Å². The zero-order valence-corrected chi connectivity index (χ0v) is 14.4. The van der Waals surface area contributed by atoms with Crippen molar-refractivity contribution in [2.24, 2.45) is 0 Å². The number of carbonyl (C=O) groups is 2. The van der Waals surface area contributed by atoms with E-state index < -0.39 is 0 Å². The van der Waals surface area contributed by atoms with Crippen molar-refractivity contribution < 1.29 is 14.3 Å². The van der Waals surface area contributed by atoms with Gasteiger partial charge in [-0.3, -0.25) is 9.59 Å². The highest BCUT2D eigenvalue weighted by Gasteiger charge is 2.22. The van der Waals surface area contributed by atoms with Gasteiger partial charge in [0.25, 0.3) is 5.91 Å². The second kappa shape index (κ2) is 7.28. The number of rotatable bonds is 5. The van der Waals surface area contributed by atoms with Gasteiger partial charge in [0.1, 0.15) is 16.5 Å². The summed E-state index contributed by atoms with van der Waals surface area (Å²) in [4.78, 5) is 29.1. The van der Waals surface area contributed by atoms with Gasteiger partial charge in [-0.25, -0.2) is 0 Å². The standard InChI is InChI=1S/C17H16Cl2N2O3/c18-12-4-3-5-15(16(12)19)24-10-14(22)11-8-13(20-9-11)17(23)21-6-1-2-7-21/h3-5,8-9,20H,1-2,6-7,10H2. The Balaban J connectivity index is 1.63. The van der Waals surface area contributed by atoms with Gasteiger partial charge in [-0.1, -0.05) is 29.3 Å². The Hall–Kier alpha value is -1.98. The van der Waals surface area contributed by atoms with Crippen LogP contribution in [-0.4, -0.2) is 41.3 Å². The van der Waals surface area contributed by atoms with Gasteiger partial charge in [0.05, 0.1) is 5.02 Å². The summed E-state index contributed by atoms with van der Waals surface area (Å²) in [5.74, 6) is 0.0227. The quantitative estimate of drug-likeness (QED) is 0.818. The van der Waals surface area contributed by atoms with Crippen molar-refractivity contribution in [1.82, 2.24) is 9.88 Å². The van der Waals surface area contributed by atoms with E-state index in [0.29, 0.717) is 22.0 Å². The van der Waals surface area contributed by atoms with Gasteiger partial charge in [-0.05, 0) is 31.0 Å². The molecule has 7 heteroatoms. The van der Waals surface area contributed by atoms with Gasteiger partial charge in [0, 0.05) is 24.8 Å². The molecule has 0 aliphatic carbocycles. The Morgan fingerprint density at radius 1 is 1.21 bits per heavy atom. The number of carbonyl (C=O) groups excluding carboxylic acids is 2. The highest BCUT2D eigenvalue weighted by molar-refractivity contribution is 6.42. The van der Waals surface area contributed by atoms with Crippen molar-refractivity contribution in [2.45, 2.75) is 12.8 Å². The van der Waals surface area contributed by atoms with Crippen LogP contribution in [-0.2, 0) is 0 Å². The maximum absolute atomic E-state index is 12.3. The molecule has 126 valence electrons. The third-order valence-electron chi connectivity index (χ3n) is 3.90. The molecule has 3 rings (SSSR count). The van der Waals surface area contributed by atoms with Crippen LogP contribution in [0.4, 0.5) is 0 Å². The number of likely N-dealkylation sites (tertiary alicyclic amines) is 1. The molecule has 0 saturated carbocycles. The second-order valence-corrected chi connectivity index (χ2v) is 6.35. The molecule has 1 N–H and O–H groups in total. The summed E-state index contributed by atoms with van der Waals surface area (Å²) >= 11 is 11.9. The first-order valence-electron chi connectivity index (χ1n) is 7.64. The third-order valence-corrected chi connectivity index (χ3v) is 4.71. The van der Waals surface area contributed by atoms with Gasteiger partial charge >= 0.3 is 0 Å². The van der Waals surface area contributed by atoms with Gasteiger partial charge in [-0.15, -0.1) is 0 Å². The Labute approximate surface area is 149 Å². The number of benzene rings is 1. The average molecular weight is 367 g/mol. The molecule has 0 radical (unpaired) electrons. The Bertz CT molecular complexity index is 767. The number of hydrogen-bond donors (Lipinski definition) is 1. The zero-order chi connectivity index (χ0) is 17.1. The summed E-state index contributed by atoms with van der Waals surface area (Å²) < 4.78 is 5.43. The average Bonchev–Trinajstić information content (AvgIpc) is 3.27. The van der Waals surface area contributed by atoms with Gasteiger partial charge in [0.15, 0.2) is 6.61 Å². The molecule has 1 saturated heterocycles. The fraction of sp³-hybridized carbons (Fsp3) is 0.294. The fourth-order valence-corrected chi connectivity index (χ4v) is 2.94. The first kappa shape index (κ1) is 16.9. The maximum atomic E-state index is 12.3. The number of nitrogens with zero attached hydrogens (tertiary/aromatic N) is 1. The molecule has 5 nitrogen and oxygen atoms in total. The summed E-state index contributed by atoms with van der Waals surface area (Å²) in [5.41, 5.74) is 0.816. The number of aromatic amines is 1. The van der Waals surface area contributed by atoms with Crippen molar-refractivity contribution in [3.63, 3.8) is 0 Å². The fourth-order valence-electron chi connectivity index (χ4n) is 2.59. The molecule has 0 bridgehead atoms. The van der Waals surface area contributed by atoms with Gasteiger partial charge < -0.3 is 14.6 Å². The topological polar surface area (TPSA) is 62.4 Å². The highest BCUT2D eigenvalue weighted by atomic mass is 35.5. The van der Waals surface area contributed by atoms with E-state index in [9.17, 15) is 9.59 Å². The van der Waals surface area contributed by atoms with Crippen molar-refractivity contribution in [1.29, 1.82) is 0 Å². The lowest BCUT2D eigenvalue weighted by molar-refractivity contribution is 0.0787. The molecule has 0 unspecified atom stereocenters. The van der Waals surface area contributed by atoms with Crippen LogP contribution in [0.5, 0.6) is 5.75 Å². The molecule has 2 aromatic rings. The molecule has 1 aromatic carbocycles. The van der Waals surface area contributed by atoms with E-state index in [1.54, 1.807) is 29.2 Å². The molecule has 0 atom stereocenters. The molecular weight excluding hydrogens is 351 g/mol. The predicted molar refractivity (Wildman–Crippen MR) is 92.2 cm³/mol. The largest absolute Gasteiger partial charge is 0.484 e. The molecule has 0 spiro atoms. The minimum Gasteiger partial charge on any atom is -0.484 e. The second-order valence-electron chi connectivity index (χ2n) is 5.57. The van der Waals surface area contributed by atoms with E-state index in [1.807, 2.05) is 0 Å². The first-order valence-corrected chi connectivity index (χ1v) is 8.39. The Kier molecular flexibility index (Phi) is 5.11. The van der Waals surface area contributed by atoms with E-state index >= 15 is 0 Å².